The molecular formula is C27H39N3O8. The molecule has 0 aliphatic carbocycles. The number of nitrogens with zero attached hydrogens (tertiary/aromatic N) is 1. The molecule has 38 heavy (non-hydrogen) atoms. The van der Waals surface area contributed by atoms with E-state index in [1.54, 1.807) is 0 Å². The summed E-state index contributed by atoms with van der Waals surface area (Å²) in [5.41, 5.74) is 1.19. The van der Waals surface area contributed by atoms with Crippen molar-refractivity contribution in [3.63, 3.8) is 0 Å². The first-order valence-electron chi connectivity index (χ1n) is 12.9. The van der Waals surface area contributed by atoms with Gasteiger partial charge in [-0.3, -0.25) is 24.1 Å². The lowest BCUT2D eigenvalue weighted by molar-refractivity contribution is -0.137. The summed E-state index contributed by atoms with van der Waals surface area (Å²) in [7, 11) is 0. The van der Waals surface area contributed by atoms with Crippen LogP contribution in [0.2, 0.25) is 0 Å². The maximum Gasteiger partial charge on any atom is 0.253 e. The summed E-state index contributed by atoms with van der Waals surface area (Å²) < 4.78 is 21.7. The number of ether oxygens (including phenoxy) is 4. The molecule has 0 radical (unpaired) electrons. The minimum absolute atomic E-state index is 0.0296. The molecule has 1 aromatic rings. The lowest BCUT2D eigenvalue weighted by atomic mass is 10.1. The molecule has 1 aliphatic heterocycles. The molecule has 11 nitrogen and oxygen atoms in total. The number of rotatable bonds is 21. The molecule has 2 N–H and O–H groups in total. The maximum absolute atomic E-state index is 12.0. The molecule has 1 heterocycles. The average molecular weight is 534 g/mol. The van der Waals surface area contributed by atoms with Gasteiger partial charge < -0.3 is 29.6 Å². The zero-order chi connectivity index (χ0) is 27.4. The fraction of sp³-hybridized carbons (Fsp3) is 0.556. The summed E-state index contributed by atoms with van der Waals surface area (Å²) in [5.74, 6) is -1.08. The van der Waals surface area contributed by atoms with Crippen LogP contribution in [0.1, 0.15) is 25.3 Å². The summed E-state index contributed by atoms with van der Waals surface area (Å²) in [5, 5.41) is 5.65. The van der Waals surface area contributed by atoms with E-state index in [0.717, 1.165) is 11.3 Å². The average Bonchev–Trinajstić information content (AvgIpc) is 3.22. The first kappa shape index (κ1) is 31.1. The van der Waals surface area contributed by atoms with Crippen molar-refractivity contribution in [1.29, 1.82) is 0 Å². The summed E-state index contributed by atoms with van der Waals surface area (Å²) in [6.45, 7) is 5.51. The summed E-state index contributed by atoms with van der Waals surface area (Å²) in [4.78, 5) is 47.6. The van der Waals surface area contributed by atoms with Gasteiger partial charge in [-0.1, -0.05) is 30.3 Å². The summed E-state index contributed by atoms with van der Waals surface area (Å²) >= 11 is 0. The first-order valence-corrected chi connectivity index (χ1v) is 12.9. The fourth-order valence-electron chi connectivity index (χ4n) is 3.51. The Kier molecular flexibility index (Phi) is 15.6. The Morgan fingerprint density at radius 1 is 0.763 bits per heavy atom. The van der Waals surface area contributed by atoms with Crippen molar-refractivity contribution >= 4 is 23.6 Å². The van der Waals surface area contributed by atoms with E-state index in [9.17, 15) is 19.2 Å². The van der Waals surface area contributed by atoms with Crippen LogP contribution in [0.25, 0.3) is 0 Å². The highest BCUT2D eigenvalue weighted by Crippen LogP contribution is 2.04. The number of carbonyl (C=O) groups is 4. The topological polar surface area (TPSA) is 132 Å². The van der Waals surface area contributed by atoms with Gasteiger partial charge in [0.05, 0.1) is 52.9 Å². The predicted molar refractivity (Wildman–Crippen MR) is 139 cm³/mol. The number of hydrogen-bond acceptors (Lipinski definition) is 8. The fourth-order valence-corrected chi connectivity index (χ4v) is 3.51. The predicted octanol–water partition coefficient (Wildman–Crippen LogP) is 0.622. The van der Waals surface area contributed by atoms with Gasteiger partial charge in [0.15, 0.2) is 0 Å². The molecule has 0 spiro atoms. The highest BCUT2D eigenvalue weighted by molar-refractivity contribution is 6.13. The number of hydrogen-bond donors (Lipinski definition) is 2. The number of nitrogens with one attached hydrogen (secondary N) is 2. The first-order chi connectivity index (χ1) is 18.5. The van der Waals surface area contributed by atoms with E-state index in [0.29, 0.717) is 65.8 Å². The Hall–Kier alpha value is -3.12. The number of benzene rings is 1. The van der Waals surface area contributed by atoms with Crippen molar-refractivity contribution in [2.24, 2.45) is 0 Å². The Bertz CT molecular complexity index is 876. The molecule has 1 aliphatic rings. The van der Waals surface area contributed by atoms with Gasteiger partial charge >= 0.3 is 0 Å². The van der Waals surface area contributed by atoms with Gasteiger partial charge in [0, 0.05) is 44.1 Å². The van der Waals surface area contributed by atoms with Gasteiger partial charge in [0.25, 0.3) is 11.8 Å². The third-order valence-corrected chi connectivity index (χ3v) is 5.41. The molecule has 1 unspecified atom stereocenters. The Labute approximate surface area is 223 Å². The lowest BCUT2D eigenvalue weighted by Gasteiger charge is -2.14. The molecule has 0 fully saturated rings. The van der Waals surface area contributed by atoms with Gasteiger partial charge in [0.2, 0.25) is 11.8 Å². The molecular weight excluding hydrogens is 494 g/mol. The van der Waals surface area contributed by atoms with E-state index in [1.165, 1.54) is 17.7 Å². The van der Waals surface area contributed by atoms with Crippen molar-refractivity contribution in [2.45, 2.75) is 32.2 Å². The molecule has 0 bridgehead atoms. The smallest absolute Gasteiger partial charge is 0.253 e. The molecule has 210 valence electrons. The van der Waals surface area contributed by atoms with E-state index in [4.69, 9.17) is 18.9 Å². The molecule has 1 atom stereocenters. The Morgan fingerprint density at radius 2 is 1.32 bits per heavy atom. The van der Waals surface area contributed by atoms with E-state index in [1.807, 2.05) is 37.3 Å². The van der Waals surface area contributed by atoms with Crippen molar-refractivity contribution < 1.29 is 38.1 Å². The Morgan fingerprint density at radius 3 is 1.92 bits per heavy atom. The van der Waals surface area contributed by atoms with Crippen LogP contribution in [0, 0.1) is 0 Å². The zero-order valence-electron chi connectivity index (χ0n) is 22.0. The van der Waals surface area contributed by atoms with Gasteiger partial charge in [-0.2, -0.15) is 0 Å². The van der Waals surface area contributed by atoms with Crippen LogP contribution in [-0.4, -0.2) is 101 Å². The second-order valence-corrected chi connectivity index (χ2v) is 8.62. The van der Waals surface area contributed by atoms with Gasteiger partial charge in [-0.25, -0.2) is 0 Å². The monoisotopic (exact) mass is 533 g/mol. The van der Waals surface area contributed by atoms with Crippen LogP contribution in [0.4, 0.5) is 0 Å². The summed E-state index contributed by atoms with van der Waals surface area (Å²) in [6.07, 6.45) is 3.54. The Balaban J connectivity index is 1.29. The molecule has 11 heteroatoms. The highest BCUT2D eigenvalue weighted by Gasteiger charge is 2.23. The molecule has 0 saturated carbocycles. The maximum atomic E-state index is 12.0. The largest absolute Gasteiger partial charge is 0.379 e. The third-order valence-electron chi connectivity index (χ3n) is 5.41. The molecule has 1 aromatic carbocycles. The second-order valence-electron chi connectivity index (χ2n) is 8.62. The molecule has 4 amide bonds. The quantitative estimate of drug-likeness (QED) is 0.174. The van der Waals surface area contributed by atoms with E-state index < -0.39 is 11.8 Å². The van der Waals surface area contributed by atoms with Crippen molar-refractivity contribution in [2.75, 3.05) is 65.9 Å². The molecule has 0 aromatic heterocycles. The van der Waals surface area contributed by atoms with Gasteiger partial charge in [0.1, 0.15) is 0 Å². The van der Waals surface area contributed by atoms with Gasteiger partial charge in [-0.05, 0) is 18.9 Å². The minimum Gasteiger partial charge on any atom is -0.379 e. The molecule has 2 rings (SSSR count). The van der Waals surface area contributed by atoms with Crippen molar-refractivity contribution in [1.82, 2.24) is 15.5 Å². The standard InChI is InChI=1S/C27H39N3O8/c1-22(21-23-5-3-2-4-6-23)29-25(32)10-13-35-15-17-37-19-20-38-18-16-36-14-11-28-24(31)9-12-30-26(33)7-8-27(30)34/h2-8,22H,9-21H2,1H3,(H,28,31)(H,29,32). The van der Waals surface area contributed by atoms with Crippen LogP contribution in [0.15, 0.2) is 42.5 Å². The van der Waals surface area contributed by atoms with E-state index >= 15 is 0 Å². The minimum atomic E-state index is -0.397. The van der Waals surface area contributed by atoms with Crippen LogP contribution in [0.3, 0.4) is 0 Å². The van der Waals surface area contributed by atoms with Crippen molar-refractivity contribution in [3.05, 3.63) is 48.0 Å². The number of carbonyl (C=O) groups excluding carboxylic acids is 4. The third kappa shape index (κ3) is 14.0. The second kappa shape index (κ2) is 19.0. The van der Waals surface area contributed by atoms with Crippen LogP contribution >= 0.6 is 0 Å². The van der Waals surface area contributed by atoms with Gasteiger partial charge in [-0.15, -0.1) is 0 Å². The summed E-state index contributed by atoms with van der Waals surface area (Å²) in [6, 6.07) is 10.1. The van der Waals surface area contributed by atoms with E-state index in [2.05, 4.69) is 10.6 Å². The van der Waals surface area contributed by atoms with Crippen LogP contribution in [0.5, 0.6) is 0 Å². The van der Waals surface area contributed by atoms with E-state index in [-0.39, 0.29) is 30.8 Å². The number of amides is 4. The normalized spacial score (nSPS) is 13.7. The van der Waals surface area contributed by atoms with Crippen molar-refractivity contribution in [3.8, 4) is 0 Å². The highest BCUT2D eigenvalue weighted by atomic mass is 16.6. The SMILES string of the molecule is CC(Cc1ccccc1)NC(=O)CCOCCOCCOCCOCCNC(=O)CCN1C(=O)C=CC1=O. The van der Waals surface area contributed by atoms with Crippen LogP contribution in [-0.2, 0) is 44.5 Å². The zero-order valence-corrected chi connectivity index (χ0v) is 22.0. The number of imide groups is 1. The lowest BCUT2D eigenvalue weighted by Crippen LogP contribution is -2.35. The van der Waals surface area contributed by atoms with Crippen LogP contribution < -0.4 is 10.6 Å². The molecule has 0 saturated heterocycles.